The number of aromatic nitrogens is 1. The molecule has 3 rings (SSSR count). The minimum atomic E-state index is -4.36. The zero-order valence-electron chi connectivity index (χ0n) is 15.8. The Labute approximate surface area is 162 Å². The van der Waals surface area contributed by atoms with Gasteiger partial charge in [-0.05, 0) is 38.3 Å². The third-order valence-electron chi connectivity index (χ3n) is 5.23. The van der Waals surface area contributed by atoms with Crippen molar-refractivity contribution in [3.8, 4) is 0 Å². The van der Waals surface area contributed by atoms with E-state index in [4.69, 9.17) is 0 Å². The number of thiazole rings is 1. The van der Waals surface area contributed by atoms with Crippen LogP contribution in [0.2, 0.25) is 0 Å². The third kappa shape index (κ3) is 5.81. The summed E-state index contributed by atoms with van der Waals surface area (Å²) in [5, 5.41) is 4.85. The fourth-order valence-electron chi connectivity index (χ4n) is 3.85. The lowest BCUT2D eigenvalue weighted by molar-refractivity contribution is -0.140. The number of guanidine groups is 1. The molecule has 3 heterocycles. The van der Waals surface area contributed by atoms with Crippen LogP contribution in [0.25, 0.3) is 0 Å². The second kappa shape index (κ2) is 9.23. The van der Waals surface area contributed by atoms with Crippen LogP contribution >= 0.6 is 11.3 Å². The molecule has 2 aliphatic heterocycles. The van der Waals surface area contributed by atoms with Gasteiger partial charge in [0.25, 0.3) is 0 Å². The first-order chi connectivity index (χ1) is 13.0. The summed E-state index contributed by atoms with van der Waals surface area (Å²) in [6.07, 6.45) is 1.24. The Balaban J connectivity index is 1.42. The van der Waals surface area contributed by atoms with E-state index in [-0.39, 0.29) is 0 Å². The fourth-order valence-corrected chi connectivity index (χ4v) is 4.66. The molecule has 1 aromatic heterocycles. The van der Waals surface area contributed by atoms with E-state index < -0.39 is 11.9 Å². The molecule has 1 atom stereocenters. The second-order valence-corrected chi connectivity index (χ2v) is 8.25. The molecule has 1 N–H and O–H groups in total. The maximum Gasteiger partial charge on any atom is 0.434 e. The van der Waals surface area contributed by atoms with E-state index in [1.807, 2.05) is 0 Å². The molecule has 0 aromatic carbocycles. The molecule has 0 bridgehead atoms. The van der Waals surface area contributed by atoms with Crippen molar-refractivity contribution in [1.29, 1.82) is 0 Å². The van der Waals surface area contributed by atoms with Gasteiger partial charge in [-0.2, -0.15) is 13.2 Å². The van der Waals surface area contributed by atoms with Crippen molar-refractivity contribution < 1.29 is 13.2 Å². The molecule has 0 amide bonds. The van der Waals surface area contributed by atoms with Crippen molar-refractivity contribution in [2.24, 2.45) is 10.9 Å². The quantitative estimate of drug-likeness (QED) is 0.606. The Morgan fingerprint density at radius 1 is 1.30 bits per heavy atom. The van der Waals surface area contributed by atoms with E-state index in [2.05, 4.69) is 25.1 Å². The predicted molar refractivity (Wildman–Crippen MR) is 102 cm³/mol. The largest absolute Gasteiger partial charge is 0.434 e. The maximum atomic E-state index is 12.6. The summed E-state index contributed by atoms with van der Waals surface area (Å²) in [5.74, 6) is 1.50. The lowest BCUT2D eigenvalue weighted by Gasteiger charge is -2.29. The molecule has 2 fully saturated rings. The predicted octanol–water partition coefficient (Wildman–Crippen LogP) is 3.09. The van der Waals surface area contributed by atoms with Gasteiger partial charge < -0.3 is 15.1 Å². The second-order valence-electron chi connectivity index (χ2n) is 7.31. The molecule has 2 saturated heterocycles. The first kappa shape index (κ1) is 20.4. The van der Waals surface area contributed by atoms with Crippen molar-refractivity contribution in [3.63, 3.8) is 0 Å². The normalized spacial score (nSPS) is 22.4. The average molecular weight is 404 g/mol. The molecule has 2 aliphatic rings. The van der Waals surface area contributed by atoms with Crippen LogP contribution in [0.15, 0.2) is 10.4 Å². The van der Waals surface area contributed by atoms with Crippen LogP contribution < -0.4 is 5.32 Å². The molecule has 9 heteroatoms. The molecule has 1 aromatic rings. The molecular weight excluding hydrogens is 375 g/mol. The topological polar surface area (TPSA) is 43.8 Å². The van der Waals surface area contributed by atoms with Crippen molar-refractivity contribution in [3.05, 3.63) is 16.1 Å². The highest BCUT2D eigenvalue weighted by Crippen LogP contribution is 2.30. The fraction of sp³-hybridized carbons (Fsp3) is 0.778. The number of nitrogens with one attached hydrogen (secondary N) is 1. The van der Waals surface area contributed by atoms with Crippen molar-refractivity contribution >= 4 is 17.3 Å². The number of alkyl halides is 3. The molecule has 0 saturated carbocycles. The SMILES string of the molecule is CN=C(NCCc1nc(C(F)(F)F)cs1)N1CCC(CN2CCCCC2)C1. The zero-order chi connectivity index (χ0) is 19.3. The Kier molecular flexibility index (Phi) is 6.97. The first-order valence-electron chi connectivity index (χ1n) is 9.65. The number of likely N-dealkylation sites (tertiary alicyclic amines) is 2. The van der Waals surface area contributed by atoms with Gasteiger partial charge in [0.2, 0.25) is 0 Å². The van der Waals surface area contributed by atoms with Gasteiger partial charge in [0.1, 0.15) is 0 Å². The van der Waals surface area contributed by atoms with Crippen LogP contribution in [0.1, 0.15) is 36.4 Å². The lowest BCUT2D eigenvalue weighted by atomic mass is 10.1. The highest BCUT2D eigenvalue weighted by atomic mass is 32.1. The van der Waals surface area contributed by atoms with Crippen molar-refractivity contribution in [1.82, 2.24) is 20.1 Å². The Morgan fingerprint density at radius 3 is 2.74 bits per heavy atom. The van der Waals surface area contributed by atoms with E-state index in [1.165, 1.54) is 38.8 Å². The summed E-state index contributed by atoms with van der Waals surface area (Å²) in [5.41, 5.74) is -0.799. The van der Waals surface area contributed by atoms with Gasteiger partial charge >= 0.3 is 6.18 Å². The number of halogens is 3. The summed E-state index contributed by atoms with van der Waals surface area (Å²) in [4.78, 5) is 12.9. The Bertz CT molecular complexity index is 625. The summed E-state index contributed by atoms with van der Waals surface area (Å²) in [6.45, 7) is 6.10. The average Bonchev–Trinajstić information content (AvgIpc) is 3.29. The monoisotopic (exact) mass is 403 g/mol. The molecule has 27 heavy (non-hydrogen) atoms. The first-order valence-corrected chi connectivity index (χ1v) is 10.5. The summed E-state index contributed by atoms with van der Waals surface area (Å²) in [6, 6.07) is 0. The molecule has 0 spiro atoms. The number of nitrogens with zero attached hydrogens (tertiary/aromatic N) is 4. The van der Waals surface area contributed by atoms with Gasteiger partial charge in [-0.25, -0.2) is 4.98 Å². The van der Waals surface area contributed by atoms with Crippen LogP contribution in [0.5, 0.6) is 0 Å². The number of hydrogen-bond donors (Lipinski definition) is 1. The highest BCUT2D eigenvalue weighted by Gasteiger charge is 2.33. The van der Waals surface area contributed by atoms with Crippen LogP contribution in [0.3, 0.4) is 0 Å². The van der Waals surface area contributed by atoms with Crippen LogP contribution in [-0.4, -0.2) is 67.1 Å². The summed E-state index contributed by atoms with van der Waals surface area (Å²) >= 11 is 1.06. The van der Waals surface area contributed by atoms with Crippen molar-refractivity contribution in [2.45, 2.75) is 38.3 Å². The van der Waals surface area contributed by atoms with Crippen molar-refractivity contribution in [2.75, 3.05) is 46.3 Å². The van der Waals surface area contributed by atoms with Crippen LogP contribution in [0.4, 0.5) is 13.2 Å². The van der Waals surface area contributed by atoms with E-state index in [0.29, 0.717) is 23.9 Å². The standard InChI is InChI=1S/C18H28F3N5S/c1-22-17(23-7-5-16-24-15(13-27-16)18(19,20)21)26-10-6-14(12-26)11-25-8-3-2-4-9-25/h13-14H,2-12H2,1H3,(H,22,23). The highest BCUT2D eigenvalue weighted by molar-refractivity contribution is 7.09. The third-order valence-corrected chi connectivity index (χ3v) is 6.14. The van der Waals surface area contributed by atoms with Crippen LogP contribution in [-0.2, 0) is 12.6 Å². The lowest BCUT2D eigenvalue weighted by Crippen LogP contribution is -2.41. The van der Waals surface area contributed by atoms with Gasteiger partial charge in [0, 0.05) is 45.0 Å². The van der Waals surface area contributed by atoms with E-state index in [0.717, 1.165) is 42.3 Å². The number of rotatable bonds is 5. The number of piperidine rings is 1. The molecule has 5 nitrogen and oxygen atoms in total. The summed E-state index contributed by atoms with van der Waals surface area (Å²) in [7, 11) is 1.76. The Hall–Kier alpha value is -1.35. The molecule has 0 aliphatic carbocycles. The number of aliphatic imine (C=N–C) groups is 1. The molecule has 1 unspecified atom stereocenters. The maximum absolute atomic E-state index is 12.6. The van der Waals surface area contributed by atoms with E-state index in [1.54, 1.807) is 7.05 Å². The zero-order valence-corrected chi connectivity index (χ0v) is 16.6. The Morgan fingerprint density at radius 2 is 2.07 bits per heavy atom. The van der Waals surface area contributed by atoms with Gasteiger partial charge in [-0.15, -0.1) is 11.3 Å². The minimum Gasteiger partial charge on any atom is -0.356 e. The van der Waals surface area contributed by atoms with Gasteiger partial charge in [0.05, 0.1) is 5.01 Å². The molecule has 152 valence electrons. The van der Waals surface area contributed by atoms with Gasteiger partial charge in [0.15, 0.2) is 11.7 Å². The minimum absolute atomic E-state index is 0.463. The molecule has 0 radical (unpaired) electrons. The molecular formula is C18H28F3N5S. The smallest absolute Gasteiger partial charge is 0.356 e. The van der Waals surface area contributed by atoms with Crippen LogP contribution in [0, 0.1) is 5.92 Å². The summed E-state index contributed by atoms with van der Waals surface area (Å²) < 4.78 is 37.8. The van der Waals surface area contributed by atoms with E-state index >= 15 is 0 Å². The van der Waals surface area contributed by atoms with Gasteiger partial charge in [-0.1, -0.05) is 6.42 Å². The number of hydrogen-bond acceptors (Lipinski definition) is 4. The van der Waals surface area contributed by atoms with E-state index in [9.17, 15) is 13.2 Å². The van der Waals surface area contributed by atoms with Gasteiger partial charge in [-0.3, -0.25) is 4.99 Å².